The molecule has 10 heteroatoms. The van der Waals surface area contributed by atoms with Crippen LogP contribution in [0.5, 0.6) is 0 Å². The minimum atomic E-state index is -4.99. The van der Waals surface area contributed by atoms with Crippen molar-refractivity contribution in [2.24, 2.45) is 0 Å². The van der Waals surface area contributed by atoms with E-state index in [9.17, 15) is 27.5 Å². The van der Waals surface area contributed by atoms with E-state index in [0.717, 1.165) is 23.5 Å². The zero-order valence-corrected chi connectivity index (χ0v) is 19.3. The van der Waals surface area contributed by atoms with Gasteiger partial charge in [0, 0.05) is 22.9 Å². The SMILES string of the molecule is CNc1sc([C@](O)([C@H](C)c2ccc(-c3ccc(C(=O)O)c(F)c3)cc2Cl)C(F)(F)F)cc1C. The molecule has 3 aromatic rings. The standard InChI is InChI=1S/C23H20ClF4NO3S/c1-11-8-19(33-20(11)29-3)22(32,23(26,27)28)12(2)15-6-4-13(9-17(15)24)14-5-7-16(21(30)31)18(25)10-14/h4-10,12,29,32H,1-3H3,(H,30,31)/t12-,22-/m1/s1. The highest BCUT2D eigenvalue weighted by molar-refractivity contribution is 7.16. The highest BCUT2D eigenvalue weighted by Gasteiger charge is 2.60. The van der Waals surface area contributed by atoms with Gasteiger partial charge in [-0.2, -0.15) is 13.2 Å². The van der Waals surface area contributed by atoms with Crippen LogP contribution in [0.1, 0.15) is 39.2 Å². The third kappa shape index (κ3) is 4.45. The molecular weight excluding hydrogens is 482 g/mol. The van der Waals surface area contributed by atoms with Gasteiger partial charge in [0.2, 0.25) is 5.60 Å². The molecule has 0 unspecified atom stereocenters. The fraction of sp³-hybridized carbons (Fsp3) is 0.261. The number of rotatable bonds is 6. The molecule has 2 atom stereocenters. The number of aryl methyl sites for hydroxylation is 1. The van der Waals surface area contributed by atoms with Gasteiger partial charge in [0.1, 0.15) is 5.82 Å². The normalized spacial score (nSPS) is 14.6. The van der Waals surface area contributed by atoms with Crippen LogP contribution in [0.25, 0.3) is 11.1 Å². The van der Waals surface area contributed by atoms with Crippen LogP contribution < -0.4 is 5.32 Å². The van der Waals surface area contributed by atoms with E-state index < -0.39 is 35.0 Å². The lowest BCUT2D eigenvalue weighted by molar-refractivity contribution is -0.273. The molecule has 0 radical (unpaired) electrons. The summed E-state index contributed by atoms with van der Waals surface area (Å²) in [5.41, 5.74) is -2.39. The number of carboxylic acids is 1. The molecular formula is C23H20ClF4NO3S. The van der Waals surface area contributed by atoms with Crippen LogP contribution in [-0.4, -0.2) is 29.4 Å². The Balaban J connectivity index is 2.06. The molecule has 2 aromatic carbocycles. The molecule has 0 aliphatic carbocycles. The number of thiophene rings is 1. The molecule has 0 aliphatic heterocycles. The number of aromatic carboxylic acids is 1. The second kappa shape index (κ2) is 8.96. The number of halogens is 5. The third-order valence-electron chi connectivity index (χ3n) is 5.58. The summed E-state index contributed by atoms with van der Waals surface area (Å²) in [7, 11) is 1.58. The van der Waals surface area contributed by atoms with E-state index >= 15 is 0 Å². The van der Waals surface area contributed by atoms with Gasteiger partial charge in [-0.05, 0) is 53.4 Å². The number of carboxylic acid groups (broad SMARTS) is 1. The molecule has 176 valence electrons. The van der Waals surface area contributed by atoms with Crippen LogP contribution in [0.4, 0.5) is 22.6 Å². The second-order valence-corrected chi connectivity index (χ2v) is 9.05. The van der Waals surface area contributed by atoms with E-state index in [1.54, 1.807) is 14.0 Å². The third-order valence-corrected chi connectivity index (χ3v) is 7.29. The topological polar surface area (TPSA) is 69.6 Å². The molecule has 1 heterocycles. The molecule has 0 aliphatic rings. The van der Waals surface area contributed by atoms with Crippen LogP contribution >= 0.6 is 22.9 Å². The molecule has 33 heavy (non-hydrogen) atoms. The van der Waals surface area contributed by atoms with Crippen molar-refractivity contribution in [3.05, 3.63) is 74.9 Å². The molecule has 4 nitrogen and oxygen atoms in total. The maximum atomic E-state index is 14.2. The summed E-state index contributed by atoms with van der Waals surface area (Å²) in [5, 5.41) is 23.2. The zero-order valence-electron chi connectivity index (χ0n) is 17.7. The van der Waals surface area contributed by atoms with E-state index in [0.29, 0.717) is 21.7 Å². The van der Waals surface area contributed by atoms with Crippen LogP contribution in [-0.2, 0) is 5.60 Å². The van der Waals surface area contributed by atoms with Crippen LogP contribution in [0, 0.1) is 12.7 Å². The molecule has 3 N–H and O–H groups in total. The van der Waals surface area contributed by atoms with Crippen LogP contribution in [0.3, 0.4) is 0 Å². The number of aliphatic hydroxyl groups is 1. The number of hydrogen-bond donors (Lipinski definition) is 3. The van der Waals surface area contributed by atoms with Crippen molar-refractivity contribution in [1.82, 2.24) is 0 Å². The molecule has 0 saturated heterocycles. The first kappa shape index (κ1) is 25.0. The molecule has 0 bridgehead atoms. The van der Waals surface area contributed by atoms with Crippen LogP contribution in [0.2, 0.25) is 5.02 Å². The van der Waals surface area contributed by atoms with Gasteiger partial charge >= 0.3 is 12.1 Å². The zero-order chi connectivity index (χ0) is 24.7. The fourth-order valence-electron chi connectivity index (χ4n) is 3.67. The van der Waals surface area contributed by atoms with Gasteiger partial charge in [-0.25, -0.2) is 9.18 Å². The minimum Gasteiger partial charge on any atom is -0.478 e. The summed E-state index contributed by atoms with van der Waals surface area (Å²) in [5.74, 6) is -3.83. The van der Waals surface area contributed by atoms with E-state index in [-0.39, 0.29) is 15.5 Å². The minimum absolute atomic E-state index is 0.0486. The summed E-state index contributed by atoms with van der Waals surface area (Å²) in [4.78, 5) is 10.7. The molecule has 1 aromatic heterocycles. The van der Waals surface area contributed by atoms with Gasteiger partial charge in [0.05, 0.1) is 10.6 Å². The summed E-state index contributed by atoms with van der Waals surface area (Å²) < 4.78 is 56.7. The monoisotopic (exact) mass is 501 g/mol. The van der Waals surface area contributed by atoms with E-state index in [4.69, 9.17) is 16.7 Å². The lowest BCUT2D eigenvalue weighted by atomic mass is 9.81. The Hall–Kier alpha value is -2.62. The van der Waals surface area contributed by atoms with Crippen molar-refractivity contribution in [1.29, 1.82) is 0 Å². The maximum absolute atomic E-state index is 14.2. The Morgan fingerprint density at radius 1 is 1.12 bits per heavy atom. The van der Waals surface area contributed by atoms with Gasteiger partial charge in [-0.3, -0.25) is 0 Å². The smallest absolute Gasteiger partial charge is 0.422 e. The predicted molar refractivity (Wildman–Crippen MR) is 121 cm³/mol. The number of hydrogen-bond acceptors (Lipinski definition) is 4. The summed E-state index contributed by atoms with van der Waals surface area (Å²) >= 11 is 7.14. The van der Waals surface area contributed by atoms with Crippen molar-refractivity contribution < 1.29 is 32.6 Å². The molecule has 0 amide bonds. The largest absolute Gasteiger partial charge is 0.478 e. The van der Waals surface area contributed by atoms with Gasteiger partial charge in [0.25, 0.3) is 0 Å². The Labute approximate surface area is 196 Å². The van der Waals surface area contributed by atoms with Gasteiger partial charge in [-0.1, -0.05) is 36.7 Å². The molecule has 0 saturated carbocycles. The highest BCUT2D eigenvalue weighted by atomic mass is 35.5. The number of benzene rings is 2. The Morgan fingerprint density at radius 3 is 2.21 bits per heavy atom. The maximum Gasteiger partial charge on any atom is 0.422 e. The number of anilines is 1. The van der Waals surface area contributed by atoms with Gasteiger partial charge in [-0.15, -0.1) is 11.3 Å². The van der Waals surface area contributed by atoms with Crippen LogP contribution in [0.15, 0.2) is 42.5 Å². The summed E-state index contributed by atoms with van der Waals surface area (Å²) in [6, 6.07) is 8.94. The molecule has 0 spiro atoms. The lowest BCUT2D eigenvalue weighted by Gasteiger charge is -2.35. The van der Waals surface area contributed by atoms with Gasteiger partial charge in [0.15, 0.2) is 0 Å². The average Bonchev–Trinajstić information content (AvgIpc) is 3.12. The predicted octanol–water partition coefficient (Wildman–Crippen LogP) is 6.81. The van der Waals surface area contributed by atoms with Gasteiger partial charge < -0.3 is 15.5 Å². The molecule has 0 fully saturated rings. The Kier molecular flexibility index (Phi) is 6.79. The van der Waals surface area contributed by atoms with Crippen molar-refractivity contribution in [3.8, 4) is 11.1 Å². The Bertz CT molecular complexity index is 1210. The summed E-state index contributed by atoms with van der Waals surface area (Å²) in [6.45, 7) is 2.88. The van der Waals surface area contributed by atoms with Crippen molar-refractivity contribution in [2.45, 2.75) is 31.5 Å². The highest BCUT2D eigenvalue weighted by Crippen LogP contribution is 2.52. The first-order chi connectivity index (χ1) is 15.3. The van der Waals surface area contributed by atoms with E-state index in [1.807, 2.05) is 0 Å². The first-order valence-electron chi connectivity index (χ1n) is 9.71. The fourth-order valence-corrected chi connectivity index (χ4v) is 5.24. The number of carbonyl (C=O) groups is 1. The first-order valence-corrected chi connectivity index (χ1v) is 10.9. The van der Waals surface area contributed by atoms with E-state index in [2.05, 4.69) is 5.32 Å². The quantitative estimate of drug-likeness (QED) is 0.324. The average molecular weight is 502 g/mol. The molecule has 3 rings (SSSR count). The lowest BCUT2D eigenvalue weighted by Crippen LogP contribution is -2.46. The van der Waals surface area contributed by atoms with Crippen molar-refractivity contribution >= 4 is 33.9 Å². The van der Waals surface area contributed by atoms with Crippen molar-refractivity contribution in [3.63, 3.8) is 0 Å². The van der Waals surface area contributed by atoms with E-state index in [1.165, 1.54) is 37.3 Å². The van der Waals surface area contributed by atoms with Crippen molar-refractivity contribution in [2.75, 3.05) is 12.4 Å². The number of alkyl halides is 3. The second-order valence-electron chi connectivity index (χ2n) is 7.59. The Morgan fingerprint density at radius 2 is 1.73 bits per heavy atom. The number of nitrogens with one attached hydrogen (secondary N) is 1. The summed E-state index contributed by atoms with van der Waals surface area (Å²) in [6.07, 6.45) is -4.99.